The maximum atomic E-state index is 2.40. The molecule has 1 heteroatoms. The summed E-state index contributed by atoms with van der Waals surface area (Å²) in [7, 11) is 0. The van der Waals surface area contributed by atoms with Gasteiger partial charge < -0.3 is 4.90 Å². The lowest BCUT2D eigenvalue weighted by atomic mass is 9.91. The molecule has 0 aliphatic heterocycles. The molecule has 0 radical (unpaired) electrons. The minimum absolute atomic E-state index is 1.17. The van der Waals surface area contributed by atoms with E-state index in [0.717, 1.165) is 0 Å². The Hall–Kier alpha value is -4.36. The molecule has 39 heavy (non-hydrogen) atoms. The molecule has 0 aromatic heterocycles. The zero-order valence-corrected chi connectivity index (χ0v) is 22.9. The van der Waals surface area contributed by atoms with Crippen LogP contribution in [0.15, 0.2) is 121 Å². The van der Waals surface area contributed by atoms with Crippen LogP contribution in [0.2, 0.25) is 0 Å². The highest BCUT2D eigenvalue weighted by Gasteiger charge is 2.16. The Balaban J connectivity index is 1.39. The molecule has 0 unspecified atom stereocenters. The van der Waals surface area contributed by atoms with E-state index in [1.165, 1.54) is 87.3 Å². The number of nitrogens with zero attached hydrogens (tertiary/aromatic N) is 1. The topological polar surface area (TPSA) is 3.24 Å². The summed E-state index contributed by atoms with van der Waals surface area (Å²) in [5.74, 6) is 0. The smallest absolute Gasteiger partial charge is 0.0464 e. The molecule has 0 heterocycles. The Bertz CT molecular complexity index is 1530. The highest BCUT2D eigenvalue weighted by Crippen LogP contribution is 2.37. The lowest BCUT2D eigenvalue weighted by Crippen LogP contribution is -2.11. The van der Waals surface area contributed by atoms with E-state index in [-0.39, 0.29) is 0 Å². The Morgan fingerprint density at radius 3 is 1.69 bits per heavy atom. The molecule has 0 atom stereocenters. The first kappa shape index (κ1) is 24.9. The molecule has 0 N–H and O–H groups in total. The standard InChI is InChI=1S/C38H35N/c1-28-12-18-32(19-13-28)38(33-20-14-29(2)15-21-33)26-30-16-23-36(24-17-30)39(35-10-4-3-5-11-35)37-25-22-31-8-6-7-9-34(31)27-37/h3-5,10-27H,6-9H2,1-2H3. The van der Waals surface area contributed by atoms with Gasteiger partial charge in [-0.25, -0.2) is 0 Å². The molecule has 5 aromatic rings. The maximum absolute atomic E-state index is 2.40. The van der Waals surface area contributed by atoms with Gasteiger partial charge in [0.05, 0.1) is 0 Å². The Labute approximate surface area is 233 Å². The first-order valence-electron chi connectivity index (χ1n) is 14.1. The number of hydrogen-bond acceptors (Lipinski definition) is 1. The fourth-order valence-corrected chi connectivity index (χ4v) is 5.57. The number of aryl methyl sites for hydroxylation is 4. The van der Waals surface area contributed by atoms with Crippen LogP contribution in [-0.4, -0.2) is 0 Å². The summed E-state index contributed by atoms with van der Waals surface area (Å²) in [6.07, 6.45) is 7.28. The van der Waals surface area contributed by atoms with Crippen LogP contribution < -0.4 is 4.90 Å². The van der Waals surface area contributed by atoms with Gasteiger partial charge in [-0.1, -0.05) is 96.1 Å². The predicted octanol–water partition coefficient (Wildman–Crippen LogP) is 10.2. The summed E-state index contributed by atoms with van der Waals surface area (Å²) in [5.41, 5.74) is 14.0. The molecular formula is C38H35N. The minimum Gasteiger partial charge on any atom is -0.310 e. The van der Waals surface area contributed by atoms with Crippen LogP contribution in [0.25, 0.3) is 11.6 Å². The molecule has 0 bridgehead atoms. The maximum Gasteiger partial charge on any atom is 0.0464 e. The van der Waals surface area contributed by atoms with Gasteiger partial charge in [0.1, 0.15) is 0 Å². The number of para-hydroxylation sites is 1. The summed E-state index contributed by atoms with van der Waals surface area (Å²) >= 11 is 0. The number of benzene rings is 5. The van der Waals surface area contributed by atoms with Gasteiger partial charge in [0, 0.05) is 17.1 Å². The van der Waals surface area contributed by atoms with Gasteiger partial charge in [-0.05, 0) is 115 Å². The SMILES string of the molecule is Cc1ccc(C(=Cc2ccc(N(c3ccccc3)c3ccc4c(c3)CCCC4)cc2)c2ccc(C)cc2)cc1. The molecule has 1 nitrogen and oxygen atoms in total. The molecule has 0 amide bonds. The zero-order valence-electron chi connectivity index (χ0n) is 22.9. The van der Waals surface area contributed by atoms with Crippen molar-refractivity contribution < 1.29 is 0 Å². The molecule has 0 saturated heterocycles. The molecule has 0 fully saturated rings. The van der Waals surface area contributed by atoms with E-state index in [0.29, 0.717) is 0 Å². The average molecular weight is 506 g/mol. The number of fused-ring (bicyclic) bond motifs is 1. The molecule has 0 saturated carbocycles. The van der Waals surface area contributed by atoms with Gasteiger partial charge >= 0.3 is 0 Å². The van der Waals surface area contributed by atoms with Gasteiger partial charge in [0.25, 0.3) is 0 Å². The number of hydrogen-bond donors (Lipinski definition) is 0. The van der Waals surface area contributed by atoms with Crippen LogP contribution in [0.3, 0.4) is 0 Å². The normalized spacial score (nSPS) is 12.5. The van der Waals surface area contributed by atoms with Crippen molar-refractivity contribution >= 4 is 28.7 Å². The van der Waals surface area contributed by atoms with E-state index in [9.17, 15) is 0 Å². The van der Waals surface area contributed by atoms with E-state index < -0.39 is 0 Å². The molecular weight excluding hydrogens is 470 g/mol. The lowest BCUT2D eigenvalue weighted by Gasteiger charge is -2.27. The van der Waals surface area contributed by atoms with Gasteiger partial charge in [0.15, 0.2) is 0 Å². The van der Waals surface area contributed by atoms with Crippen LogP contribution in [0.4, 0.5) is 17.1 Å². The van der Waals surface area contributed by atoms with Crippen molar-refractivity contribution in [3.63, 3.8) is 0 Å². The molecule has 192 valence electrons. The summed E-state index contributed by atoms with van der Waals surface area (Å²) < 4.78 is 0. The van der Waals surface area contributed by atoms with Crippen molar-refractivity contribution in [2.45, 2.75) is 39.5 Å². The van der Waals surface area contributed by atoms with Crippen molar-refractivity contribution in [3.05, 3.63) is 160 Å². The van der Waals surface area contributed by atoms with Crippen molar-refractivity contribution in [2.75, 3.05) is 4.90 Å². The highest BCUT2D eigenvalue weighted by molar-refractivity contribution is 5.92. The third kappa shape index (κ3) is 5.59. The van der Waals surface area contributed by atoms with Gasteiger partial charge in [-0.2, -0.15) is 0 Å². The van der Waals surface area contributed by atoms with Crippen LogP contribution in [-0.2, 0) is 12.8 Å². The van der Waals surface area contributed by atoms with E-state index in [4.69, 9.17) is 0 Å². The van der Waals surface area contributed by atoms with E-state index >= 15 is 0 Å². The number of rotatable bonds is 6. The van der Waals surface area contributed by atoms with Gasteiger partial charge in [0.2, 0.25) is 0 Å². The van der Waals surface area contributed by atoms with E-state index in [2.05, 4.69) is 146 Å². The molecule has 6 rings (SSSR count). The van der Waals surface area contributed by atoms with Crippen molar-refractivity contribution in [3.8, 4) is 0 Å². The van der Waals surface area contributed by atoms with Crippen molar-refractivity contribution in [1.82, 2.24) is 0 Å². The second-order valence-electron chi connectivity index (χ2n) is 10.7. The third-order valence-electron chi connectivity index (χ3n) is 7.79. The second-order valence-corrected chi connectivity index (χ2v) is 10.7. The zero-order chi connectivity index (χ0) is 26.6. The average Bonchev–Trinajstić information content (AvgIpc) is 2.98. The molecule has 5 aromatic carbocycles. The fourth-order valence-electron chi connectivity index (χ4n) is 5.57. The van der Waals surface area contributed by atoms with Crippen LogP contribution in [0, 0.1) is 13.8 Å². The van der Waals surface area contributed by atoms with Crippen LogP contribution in [0.1, 0.15) is 51.8 Å². The lowest BCUT2D eigenvalue weighted by molar-refractivity contribution is 0.685. The monoisotopic (exact) mass is 505 g/mol. The Morgan fingerprint density at radius 1 is 0.538 bits per heavy atom. The fraction of sp³-hybridized carbons (Fsp3) is 0.158. The minimum atomic E-state index is 1.17. The third-order valence-corrected chi connectivity index (χ3v) is 7.79. The first-order chi connectivity index (χ1) is 19.1. The summed E-state index contributed by atoms with van der Waals surface area (Å²) in [4.78, 5) is 2.38. The van der Waals surface area contributed by atoms with Crippen molar-refractivity contribution in [2.24, 2.45) is 0 Å². The summed E-state index contributed by atoms with van der Waals surface area (Å²) in [6.45, 7) is 4.28. The van der Waals surface area contributed by atoms with Crippen LogP contribution in [0.5, 0.6) is 0 Å². The summed E-state index contributed by atoms with van der Waals surface area (Å²) in [6, 6.07) is 44.4. The largest absolute Gasteiger partial charge is 0.310 e. The number of anilines is 3. The van der Waals surface area contributed by atoms with E-state index in [1.54, 1.807) is 0 Å². The van der Waals surface area contributed by atoms with Crippen molar-refractivity contribution in [1.29, 1.82) is 0 Å². The Kier molecular flexibility index (Phi) is 7.15. The van der Waals surface area contributed by atoms with Crippen LogP contribution >= 0.6 is 0 Å². The predicted molar refractivity (Wildman–Crippen MR) is 167 cm³/mol. The molecule has 0 spiro atoms. The van der Waals surface area contributed by atoms with E-state index in [1.807, 2.05) is 0 Å². The molecule has 1 aliphatic carbocycles. The molecule has 1 aliphatic rings. The second kappa shape index (κ2) is 11.2. The quantitative estimate of drug-likeness (QED) is 0.207. The van der Waals surface area contributed by atoms with Gasteiger partial charge in [-0.15, -0.1) is 0 Å². The Morgan fingerprint density at radius 2 is 1.08 bits per heavy atom. The first-order valence-corrected chi connectivity index (χ1v) is 14.1. The summed E-state index contributed by atoms with van der Waals surface area (Å²) in [5, 5.41) is 0. The van der Waals surface area contributed by atoms with Gasteiger partial charge in [-0.3, -0.25) is 0 Å². The highest BCUT2D eigenvalue weighted by atomic mass is 15.1.